The number of nitrogens with zero attached hydrogens (tertiary/aromatic N) is 3. The number of rotatable bonds is 7. The molecule has 1 amide bonds. The quantitative estimate of drug-likeness (QED) is 0.412. The monoisotopic (exact) mass is 488 g/mol. The lowest BCUT2D eigenvalue weighted by atomic mass is 10.2. The van der Waals surface area contributed by atoms with Crippen molar-refractivity contribution in [1.82, 2.24) is 20.1 Å². The number of carbonyl (C=O) groups excluding carboxylic acids is 1. The van der Waals surface area contributed by atoms with Crippen molar-refractivity contribution in [2.24, 2.45) is 0 Å². The number of alkyl halides is 3. The molecule has 0 spiro atoms. The highest BCUT2D eigenvalue weighted by Gasteiger charge is 2.31. The zero-order valence-corrected chi connectivity index (χ0v) is 18.5. The first-order valence-electron chi connectivity index (χ1n) is 9.18. The summed E-state index contributed by atoms with van der Waals surface area (Å²) in [6, 6.07) is 9.35. The Balaban J connectivity index is 1.91. The summed E-state index contributed by atoms with van der Waals surface area (Å²) in [6.45, 7) is 1.92. The first-order chi connectivity index (χ1) is 14.7. The molecular formula is C20H17Cl2F3N4OS. The van der Waals surface area contributed by atoms with Gasteiger partial charge in [0, 0.05) is 10.8 Å². The number of carbonyl (C=O) groups is 1. The Morgan fingerprint density at radius 2 is 1.94 bits per heavy atom. The molecular weight excluding hydrogens is 472 g/mol. The first kappa shape index (κ1) is 23.4. The number of nitrogens with one attached hydrogen (secondary N) is 1. The fourth-order valence-electron chi connectivity index (χ4n) is 2.71. The van der Waals surface area contributed by atoms with Crippen molar-refractivity contribution in [3.63, 3.8) is 0 Å². The van der Waals surface area contributed by atoms with Gasteiger partial charge in [0.05, 0.1) is 28.4 Å². The lowest BCUT2D eigenvalue weighted by Gasteiger charge is -2.13. The van der Waals surface area contributed by atoms with Crippen LogP contribution in [-0.4, -0.2) is 26.4 Å². The third-order valence-corrected chi connectivity index (χ3v) is 5.83. The van der Waals surface area contributed by atoms with Crippen molar-refractivity contribution < 1.29 is 18.0 Å². The van der Waals surface area contributed by atoms with E-state index >= 15 is 0 Å². The maximum atomic E-state index is 13.2. The number of hydrogen-bond donors (Lipinski definition) is 1. The summed E-state index contributed by atoms with van der Waals surface area (Å²) in [5, 5.41) is 11.9. The van der Waals surface area contributed by atoms with E-state index in [1.807, 2.05) is 6.92 Å². The molecule has 3 rings (SSSR count). The second-order valence-electron chi connectivity index (χ2n) is 6.44. The molecule has 0 aliphatic carbocycles. The predicted molar refractivity (Wildman–Crippen MR) is 115 cm³/mol. The van der Waals surface area contributed by atoms with Gasteiger partial charge in [-0.3, -0.25) is 9.36 Å². The Labute approximate surface area is 190 Å². The summed E-state index contributed by atoms with van der Waals surface area (Å²) in [7, 11) is 0. The molecule has 0 aliphatic heterocycles. The third-order valence-electron chi connectivity index (χ3n) is 4.15. The summed E-state index contributed by atoms with van der Waals surface area (Å²) in [5.41, 5.74) is -0.308. The Kier molecular flexibility index (Phi) is 7.51. The molecule has 3 aromatic rings. The predicted octanol–water partition coefficient (Wildman–Crippen LogP) is 6.03. The summed E-state index contributed by atoms with van der Waals surface area (Å²) < 4.78 is 41.1. The van der Waals surface area contributed by atoms with Gasteiger partial charge in [0.2, 0.25) is 0 Å². The highest BCUT2D eigenvalue weighted by atomic mass is 35.5. The van der Waals surface area contributed by atoms with Crippen molar-refractivity contribution in [1.29, 1.82) is 0 Å². The second kappa shape index (κ2) is 9.93. The van der Waals surface area contributed by atoms with Gasteiger partial charge in [-0.1, -0.05) is 48.0 Å². The van der Waals surface area contributed by atoms with E-state index in [-0.39, 0.29) is 28.6 Å². The molecule has 0 saturated heterocycles. The molecule has 164 valence electrons. The van der Waals surface area contributed by atoms with Gasteiger partial charge < -0.3 is 5.32 Å². The lowest BCUT2D eigenvalue weighted by Crippen LogP contribution is -2.25. The smallest absolute Gasteiger partial charge is 0.345 e. The Hall–Kier alpha value is -2.23. The van der Waals surface area contributed by atoms with Crippen LogP contribution in [0.5, 0.6) is 0 Å². The van der Waals surface area contributed by atoms with Crippen LogP contribution in [-0.2, 0) is 12.7 Å². The maximum Gasteiger partial charge on any atom is 0.416 e. The van der Waals surface area contributed by atoms with Crippen LogP contribution in [0, 0.1) is 0 Å². The van der Waals surface area contributed by atoms with Crippen LogP contribution in [0.25, 0.3) is 5.69 Å². The molecule has 11 heteroatoms. The van der Waals surface area contributed by atoms with E-state index < -0.39 is 17.6 Å². The number of hydrogen-bond acceptors (Lipinski definition) is 4. The minimum absolute atomic E-state index is 0.0618. The lowest BCUT2D eigenvalue weighted by molar-refractivity contribution is -0.137. The maximum absolute atomic E-state index is 13.2. The van der Waals surface area contributed by atoms with Crippen molar-refractivity contribution in [3.05, 3.63) is 69.5 Å². The number of aromatic nitrogens is 3. The third kappa shape index (κ3) is 5.72. The highest BCUT2D eigenvalue weighted by Crippen LogP contribution is 2.32. The standard InChI is InChI=1S/C20H17Cl2F3N4OS/c1-2-8-31-19-28-27-17(11-26-18(30)15-7-6-13(21)10-16(15)22)29(19)14-5-3-4-12(9-14)20(23,24)25/h3-7,9-10H,2,8,11H2,1H3,(H,26,30). The van der Waals surface area contributed by atoms with E-state index in [2.05, 4.69) is 15.5 Å². The average Bonchev–Trinajstić information content (AvgIpc) is 3.12. The number of benzene rings is 2. The Morgan fingerprint density at radius 1 is 1.16 bits per heavy atom. The minimum atomic E-state index is -4.49. The molecule has 5 nitrogen and oxygen atoms in total. The van der Waals surface area contributed by atoms with E-state index in [1.165, 1.54) is 46.7 Å². The fourth-order valence-corrected chi connectivity index (χ4v) is 4.03. The summed E-state index contributed by atoms with van der Waals surface area (Å²) >= 11 is 13.3. The van der Waals surface area contributed by atoms with Crippen LogP contribution >= 0.6 is 35.0 Å². The molecule has 1 heterocycles. The van der Waals surface area contributed by atoms with Crippen LogP contribution in [0.3, 0.4) is 0 Å². The van der Waals surface area contributed by atoms with E-state index in [1.54, 1.807) is 0 Å². The molecule has 1 N–H and O–H groups in total. The molecule has 0 radical (unpaired) electrons. The average molecular weight is 489 g/mol. The van der Waals surface area contributed by atoms with Crippen LogP contribution in [0.4, 0.5) is 13.2 Å². The summed E-state index contributed by atoms with van der Waals surface area (Å²) in [5.74, 6) is 0.531. The molecule has 2 aromatic carbocycles. The van der Waals surface area contributed by atoms with Gasteiger partial charge in [-0.15, -0.1) is 10.2 Å². The van der Waals surface area contributed by atoms with Crippen LogP contribution in [0.15, 0.2) is 47.6 Å². The Morgan fingerprint density at radius 3 is 2.61 bits per heavy atom. The summed E-state index contributed by atoms with van der Waals surface area (Å²) in [6.07, 6.45) is -3.64. The van der Waals surface area contributed by atoms with Gasteiger partial charge in [-0.05, 0) is 42.8 Å². The molecule has 31 heavy (non-hydrogen) atoms. The van der Waals surface area contributed by atoms with Gasteiger partial charge in [0.25, 0.3) is 5.91 Å². The molecule has 0 aliphatic rings. The second-order valence-corrected chi connectivity index (χ2v) is 8.34. The van der Waals surface area contributed by atoms with Gasteiger partial charge in [-0.25, -0.2) is 0 Å². The van der Waals surface area contributed by atoms with Crippen molar-refractivity contribution in [3.8, 4) is 5.69 Å². The zero-order chi connectivity index (χ0) is 22.6. The van der Waals surface area contributed by atoms with E-state index in [4.69, 9.17) is 23.2 Å². The van der Waals surface area contributed by atoms with E-state index in [0.717, 1.165) is 18.6 Å². The van der Waals surface area contributed by atoms with Gasteiger partial charge in [0.15, 0.2) is 11.0 Å². The van der Waals surface area contributed by atoms with Crippen molar-refractivity contribution in [2.75, 3.05) is 5.75 Å². The molecule has 0 fully saturated rings. The van der Waals surface area contributed by atoms with Crippen molar-refractivity contribution in [2.45, 2.75) is 31.2 Å². The minimum Gasteiger partial charge on any atom is -0.345 e. The van der Waals surface area contributed by atoms with Gasteiger partial charge in [-0.2, -0.15) is 13.2 Å². The van der Waals surface area contributed by atoms with Crippen LogP contribution in [0.1, 0.15) is 35.1 Å². The van der Waals surface area contributed by atoms with Gasteiger partial charge in [0.1, 0.15) is 0 Å². The first-order valence-corrected chi connectivity index (χ1v) is 10.9. The number of amides is 1. The molecule has 1 aromatic heterocycles. The zero-order valence-electron chi connectivity index (χ0n) is 16.2. The molecule has 0 unspecified atom stereocenters. The molecule has 0 saturated carbocycles. The summed E-state index contributed by atoms with van der Waals surface area (Å²) in [4.78, 5) is 12.5. The van der Waals surface area contributed by atoms with Gasteiger partial charge >= 0.3 is 6.18 Å². The van der Waals surface area contributed by atoms with Crippen LogP contribution < -0.4 is 5.32 Å². The largest absolute Gasteiger partial charge is 0.416 e. The molecule has 0 bridgehead atoms. The number of halogens is 5. The number of thioether (sulfide) groups is 1. The van der Waals surface area contributed by atoms with E-state index in [9.17, 15) is 18.0 Å². The van der Waals surface area contributed by atoms with Crippen molar-refractivity contribution >= 4 is 40.9 Å². The Bertz CT molecular complexity index is 1090. The molecule has 0 atom stereocenters. The normalized spacial score (nSPS) is 11.5. The van der Waals surface area contributed by atoms with E-state index in [0.29, 0.717) is 15.9 Å². The topological polar surface area (TPSA) is 59.8 Å². The fraction of sp³-hybridized carbons (Fsp3) is 0.250. The van der Waals surface area contributed by atoms with Crippen LogP contribution in [0.2, 0.25) is 10.0 Å². The highest BCUT2D eigenvalue weighted by molar-refractivity contribution is 7.99. The SMILES string of the molecule is CCCSc1nnc(CNC(=O)c2ccc(Cl)cc2Cl)n1-c1cccc(C(F)(F)F)c1.